The molecule has 15 nitrogen and oxygen atoms in total. The Morgan fingerprint density at radius 1 is 0.773 bits per heavy atom. The predicted octanol–water partition coefficient (Wildman–Crippen LogP) is 10.8. The molecule has 1 saturated carbocycles. The van der Waals surface area contributed by atoms with Gasteiger partial charge in [0, 0.05) is 60.0 Å². The third-order valence-electron chi connectivity index (χ3n) is 16.6. The zero-order valence-electron chi connectivity index (χ0n) is 43.7. The standard InChI is InChI=1S/C58H68FN7O8S/c1-7-39-22-36(23-40(8-2)73-39)53(63-58(70)72-6)55(68)65-20-10-12-46(65)42-25-37(29-60-42)33-15-16-44-35(21-33)27-47-51-41(59)24-34(28-48(51)74-56(66(44)47)50-18-17-49(75-50)32-13-14-32)38-26-43(61-30-38)45-11-9-19-64(45)54(67)52(31(3)4)62-57(69)71-5/h15-18,21,24,27-32,36,39-40,45-46,52-53,56H,7-14,19-20,22-23,25-26H2,1-6H3,(H,62,69)(H,63,70)/t36?,39-,40+,45-,46-,52-,53?,56?/m0/s1. The minimum atomic E-state index is -0.740. The molecule has 0 spiro atoms. The molecule has 2 aromatic heterocycles. The van der Waals surface area contributed by atoms with Gasteiger partial charge in [-0.2, -0.15) is 0 Å². The van der Waals surface area contributed by atoms with E-state index in [-0.39, 0.29) is 47.9 Å². The van der Waals surface area contributed by atoms with Crippen LogP contribution < -0.4 is 15.4 Å². The number of halogens is 1. The minimum absolute atomic E-state index is 0.0208. The number of benzene rings is 2. The number of allylic oxidation sites excluding steroid dienone is 2. The second kappa shape index (κ2) is 21.0. The summed E-state index contributed by atoms with van der Waals surface area (Å²) in [7, 11) is 2.61. The number of alkyl carbamates (subject to hydrolysis) is 2. The zero-order chi connectivity index (χ0) is 52.2. The second-order valence-corrected chi connectivity index (χ2v) is 22.8. The van der Waals surface area contributed by atoms with Gasteiger partial charge < -0.3 is 39.4 Å². The second-order valence-electron chi connectivity index (χ2n) is 21.7. The molecule has 11 rings (SSSR count). The number of aromatic nitrogens is 1. The van der Waals surface area contributed by atoms with E-state index < -0.39 is 36.3 Å². The first-order valence-corrected chi connectivity index (χ1v) is 27.9. The van der Waals surface area contributed by atoms with Crippen molar-refractivity contribution in [1.82, 2.24) is 25.0 Å². The molecule has 4 amide bonds. The van der Waals surface area contributed by atoms with E-state index >= 15 is 4.39 Å². The number of carbonyl (C=O) groups is 4. The highest BCUT2D eigenvalue weighted by atomic mass is 32.1. The lowest BCUT2D eigenvalue weighted by molar-refractivity contribution is -0.138. The molecular formula is C58H68FN7O8S. The van der Waals surface area contributed by atoms with Gasteiger partial charge in [-0.1, -0.05) is 33.8 Å². The van der Waals surface area contributed by atoms with Gasteiger partial charge in [0.2, 0.25) is 18.0 Å². The molecule has 17 heteroatoms. The summed E-state index contributed by atoms with van der Waals surface area (Å²) < 4.78 is 42.3. The Bertz CT molecular complexity index is 3030. The van der Waals surface area contributed by atoms with Crippen LogP contribution in [0.4, 0.5) is 14.0 Å². The van der Waals surface area contributed by atoms with Gasteiger partial charge in [0.05, 0.1) is 60.2 Å². The van der Waals surface area contributed by atoms with Crippen LogP contribution in [0.25, 0.3) is 33.3 Å². The highest BCUT2D eigenvalue weighted by Gasteiger charge is 2.44. The third kappa shape index (κ3) is 9.79. The molecule has 0 bridgehead atoms. The largest absolute Gasteiger partial charge is 0.464 e. The van der Waals surface area contributed by atoms with E-state index in [9.17, 15) is 19.2 Å². The number of fused-ring (bicyclic) bond motifs is 5. The Balaban J connectivity index is 0.843. The summed E-state index contributed by atoms with van der Waals surface area (Å²) in [5.41, 5.74) is 7.34. The highest BCUT2D eigenvalue weighted by Crippen LogP contribution is 2.50. The smallest absolute Gasteiger partial charge is 0.407 e. The fraction of sp³-hybridized carbons (Fsp3) is 0.517. The van der Waals surface area contributed by atoms with Crippen molar-refractivity contribution < 1.29 is 42.5 Å². The molecule has 4 fully saturated rings. The Kier molecular flexibility index (Phi) is 14.2. The van der Waals surface area contributed by atoms with Crippen LogP contribution in [0.2, 0.25) is 0 Å². The van der Waals surface area contributed by atoms with E-state index in [0.29, 0.717) is 61.6 Å². The molecule has 8 heterocycles. The Morgan fingerprint density at radius 2 is 1.40 bits per heavy atom. The van der Waals surface area contributed by atoms with Gasteiger partial charge in [-0.05, 0) is 147 Å². The number of amides is 4. The van der Waals surface area contributed by atoms with Gasteiger partial charge in [0.25, 0.3) is 0 Å². The van der Waals surface area contributed by atoms with Crippen molar-refractivity contribution in [2.45, 2.75) is 153 Å². The summed E-state index contributed by atoms with van der Waals surface area (Å²) in [5, 5.41) is 6.60. The Labute approximate surface area is 441 Å². The normalized spacial score (nSPS) is 25.0. The van der Waals surface area contributed by atoms with Crippen LogP contribution in [-0.4, -0.2) is 113 Å². The first-order valence-electron chi connectivity index (χ1n) is 27.1. The van der Waals surface area contributed by atoms with Crippen LogP contribution in [0.1, 0.15) is 138 Å². The van der Waals surface area contributed by atoms with Crippen LogP contribution in [0.15, 0.2) is 70.9 Å². The van der Waals surface area contributed by atoms with Crippen LogP contribution >= 0.6 is 11.3 Å². The monoisotopic (exact) mass is 1040 g/mol. The number of carbonyl (C=O) groups excluding carboxylic acids is 4. The zero-order valence-corrected chi connectivity index (χ0v) is 44.6. The average molecular weight is 1040 g/mol. The molecule has 1 aliphatic carbocycles. The molecule has 3 saturated heterocycles. The maximum Gasteiger partial charge on any atom is 0.407 e. The quantitative estimate of drug-likeness (QED) is 0.126. The molecular weight excluding hydrogens is 974 g/mol. The number of rotatable bonds is 14. The fourth-order valence-electron chi connectivity index (χ4n) is 12.4. The molecule has 6 aliphatic heterocycles. The SMILES string of the molecule is CC[C@@H]1CC(C(NC(=O)OC)C(=O)N2CCC[C@H]2C2=NC=C(c3ccc4c(c3)cc3n4C(c4ccc(C5CC5)s4)Oc4cc(C5=CN=C([C@@H]6CCCN6C(=O)[C@@H](NC(=O)OC)C(C)C)C5)cc(F)c4-3)C2)C[C@H](CC)O1. The lowest BCUT2D eigenvalue weighted by atomic mass is 9.83. The number of hydrogen-bond acceptors (Lipinski definition) is 11. The summed E-state index contributed by atoms with van der Waals surface area (Å²) in [5.74, 6) is 0.110. The van der Waals surface area contributed by atoms with E-state index in [4.69, 9.17) is 28.9 Å². The molecule has 2 N–H and O–H groups in total. The van der Waals surface area contributed by atoms with Crippen molar-refractivity contribution in [2.24, 2.45) is 21.8 Å². The highest BCUT2D eigenvalue weighted by molar-refractivity contribution is 7.12. The molecule has 396 valence electrons. The van der Waals surface area contributed by atoms with Gasteiger partial charge in [-0.25, -0.2) is 14.0 Å². The summed E-state index contributed by atoms with van der Waals surface area (Å²) >= 11 is 1.76. The van der Waals surface area contributed by atoms with E-state index in [1.54, 1.807) is 23.6 Å². The van der Waals surface area contributed by atoms with Crippen molar-refractivity contribution in [1.29, 1.82) is 0 Å². The number of nitrogens with one attached hydrogen (secondary N) is 2. The Morgan fingerprint density at radius 3 is 2.03 bits per heavy atom. The number of likely N-dealkylation sites (tertiary alicyclic amines) is 2. The van der Waals surface area contributed by atoms with Crippen LogP contribution in [0, 0.1) is 17.7 Å². The van der Waals surface area contributed by atoms with Gasteiger partial charge in [0.1, 0.15) is 23.7 Å². The predicted molar refractivity (Wildman–Crippen MR) is 287 cm³/mol. The molecule has 4 aromatic rings. The lowest BCUT2D eigenvalue weighted by Gasteiger charge is -2.40. The van der Waals surface area contributed by atoms with Crippen molar-refractivity contribution in [3.63, 3.8) is 0 Å². The van der Waals surface area contributed by atoms with Crippen LogP contribution in [-0.2, 0) is 23.8 Å². The number of hydrogen-bond donors (Lipinski definition) is 2. The maximum atomic E-state index is 17.1. The van der Waals surface area contributed by atoms with Crippen LogP contribution in [0.5, 0.6) is 5.75 Å². The van der Waals surface area contributed by atoms with Gasteiger partial charge in [-0.15, -0.1) is 11.3 Å². The van der Waals surface area contributed by atoms with Crippen molar-refractivity contribution in [3.8, 4) is 17.0 Å². The average Bonchev–Trinajstić information content (AvgIpc) is 4.16. The summed E-state index contributed by atoms with van der Waals surface area (Å²) in [6.07, 6.45) is 11.5. The molecule has 8 atom stereocenters. The lowest BCUT2D eigenvalue weighted by Crippen LogP contribution is -2.56. The van der Waals surface area contributed by atoms with E-state index in [0.717, 1.165) is 88.1 Å². The molecule has 3 unspecified atom stereocenters. The minimum Gasteiger partial charge on any atom is -0.464 e. The topological polar surface area (TPSA) is 165 Å². The van der Waals surface area contributed by atoms with Crippen molar-refractivity contribution in [3.05, 3.63) is 87.6 Å². The summed E-state index contributed by atoms with van der Waals surface area (Å²) in [4.78, 5) is 69.4. The number of nitrogens with zero attached hydrogens (tertiary/aromatic N) is 5. The number of methoxy groups -OCH3 is 2. The fourth-order valence-corrected chi connectivity index (χ4v) is 13.6. The molecule has 7 aliphatic rings. The van der Waals surface area contributed by atoms with Crippen LogP contribution in [0.3, 0.4) is 0 Å². The van der Waals surface area contributed by atoms with Crippen molar-refractivity contribution in [2.75, 3.05) is 27.3 Å². The number of thiophene rings is 1. The van der Waals surface area contributed by atoms with E-state index in [1.165, 1.54) is 31.9 Å². The van der Waals surface area contributed by atoms with Gasteiger partial charge in [-0.3, -0.25) is 24.1 Å². The first kappa shape index (κ1) is 50.8. The summed E-state index contributed by atoms with van der Waals surface area (Å²) in [6, 6.07) is 14.4. The van der Waals surface area contributed by atoms with Crippen molar-refractivity contribution >= 4 is 68.8 Å². The number of ether oxygens (including phenoxy) is 4. The first-order chi connectivity index (χ1) is 36.3. The van der Waals surface area contributed by atoms with Gasteiger partial charge >= 0.3 is 12.2 Å². The summed E-state index contributed by atoms with van der Waals surface area (Å²) in [6.45, 7) is 9.11. The molecule has 2 aromatic carbocycles. The molecule has 75 heavy (non-hydrogen) atoms. The Hall–Kier alpha value is -6.33. The van der Waals surface area contributed by atoms with E-state index in [1.807, 2.05) is 35.9 Å². The van der Waals surface area contributed by atoms with Gasteiger partial charge in [0.15, 0.2) is 0 Å². The molecule has 0 radical (unpaired) electrons. The number of aliphatic imine (C=N–C) groups is 2. The van der Waals surface area contributed by atoms with E-state index in [2.05, 4.69) is 65.4 Å². The third-order valence-corrected chi connectivity index (χ3v) is 17.9. The maximum absolute atomic E-state index is 17.1.